The third kappa shape index (κ3) is 2.48. The number of benzene rings is 1. The molecule has 0 amide bonds. The van der Waals surface area contributed by atoms with Gasteiger partial charge in [0.15, 0.2) is 0 Å². The lowest BCUT2D eigenvalue weighted by atomic mass is 9.95. The first-order valence-electron chi connectivity index (χ1n) is 6.04. The van der Waals surface area contributed by atoms with Crippen molar-refractivity contribution in [1.82, 2.24) is 4.98 Å². The number of aromatic nitrogens is 1. The topological polar surface area (TPSA) is 116 Å². The van der Waals surface area contributed by atoms with Gasteiger partial charge in [-0.15, -0.1) is 0 Å². The van der Waals surface area contributed by atoms with Crippen LogP contribution in [0.1, 0.15) is 16.7 Å². The van der Waals surface area contributed by atoms with E-state index in [0.717, 1.165) is 0 Å². The van der Waals surface area contributed by atoms with Gasteiger partial charge in [0.1, 0.15) is 29.1 Å². The molecule has 0 bridgehead atoms. The van der Waals surface area contributed by atoms with Crippen molar-refractivity contribution in [3.8, 4) is 29.1 Å². The monoisotopic (exact) mass is 280 g/mol. The number of ether oxygens (including phenoxy) is 1. The number of pyridine rings is 1. The first-order chi connectivity index (χ1) is 10.2. The van der Waals surface area contributed by atoms with Gasteiger partial charge in [-0.3, -0.25) is 0 Å². The molecule has 0 fully saturated rings. The lowest BCUT2D eigenvalue weighted by molar-refractivity contribution is 0.282. The summed E-state index contributed by atoms with van der Waals surface area (Å²) >= 11 is 0. The van der Waals surface area contributed by atoms with E-state index in [1.54, 1.807) is 24.3 Å². The Balaban J connectivity index is 2.86. The Hall–Kier alpha value is -3.09. The van der Waals surface area contributed by atoms with Crippen molar-refractivity contribution in [3.05, 3.63) is 41.0 Å². The fourth-order valence-electron chi connectivity index (χ4n) is 2.06. The summed E-state index contributed by atoms with van der Waals surface area (Å²) in [5, 5.41) is 27.9. The summed E-state index contributed by atoms with van der Waals surface area (Å²) in [7, 11) is 1.38. The van der Waals surface area contributed by atoms with Crippen LogP contribution in [-0.4, -0.2) is 17.2 Å². The minimum absolute atomic E-state index is 0.00208. The minimum Gasteiger partial charge on any atom is -0.480 e. The molecule has 104 valence electrons. The van der Waals surface area contributed by atoms with Gasteiger partial charge in [0.2, 0.25) is 5.88 Å². The van der Waals surface area contributed by atoms with Crippen molar-refractivity contribution in [2.45, 2.75) is 6.61 Å². The third-order valence-electron chi connectivity index (χ3n) is 3.01. The molecule has 0 saturated carbocycles. The van der Waals surface area contributed by atoms with Gasteiger partial charge in [0.05, 0.1) is 13.7 Å². The molecule has 3 N–H and O–H groups in total. The molecule has 1 aromatic carbocycles. The van der Waals surface area contributed by atoms with E-state index in [4.69, 9.17) is 10.5 Å². The van der Waals surface area contributed by atoms with Crippen LogP contribution >= 0.6 is 0 Å². The summed E-state index contributed by atoms with van der Waals surface area (Å²) in [5.41, 5.74) is 7.64. The summed E-state index contributed by atoms with van der Waals surface area (Å²) in [4.78, 5) is 3.92. The largest absolute Gasteiger partial charge is 0.480 e. The van der Waals surface area contributed by atoms with E-state index in [1.165, 1.54) is 7.11 Å². The molecule has 2 aromatic rings. The van der Waals surface area contributed by atoms with Crippen LogP contribution in [-0.2, 0) is 6.61 Å². The maximum Gasteiger partial charge on any atom is 0.234 e. The SMILES string of the molecule is COc1nc(N)c(C#N)c(-c2cccc(CO)c2)c1C#N. The number of aliphatic hydroxyl groups excluding tert-OH is 1. The van der Waals surface area contributed by atoms with Crippen LogP contribution in [0.3, 0.4) is 0 Å². The van der Waals surface area contributed by atoms with E-state index in [9.17, 15) is 15.6 Å². The molecule has 6 heteroatoms. The van der Waals surface area contributed by atoms with Crippen LogP contribution in [0.2, 0.25) is 0 Å². The lowest BCUT2D eigenvalue weighted by Crippen LogP contribution is -2.04. The molecule has 0 aliphatic heterocycles. The maximum absolute atomic E-state index is 9.36. The highest BCUT2D eigenvalue weighted by Crippen LogP contribution is 2.35. The molecule has 0 unspecified atom stereocenters. The molecule has 1 heterocycles. The number of hydrogen-bond acceptors (Lipinski definition) is 6. The molecule has 2 rings (SSSR count). The number of anilines is 1. The van der Waals surface area contributed by atoms with Crippen LogP contribution in [0.4, 0.5) is 5.82 Å². The van der Waals surface area contributed by atoms with E-state index >= 15 is 0 Å². The van der Waals surface area contributed by atoms with Crippen molar-refractivity contribution in [2.75, 3.05) is 12.8 Å². The van der Waals surface area contributed by atoms with Gasteiger partial charge in [-0.05, 0) is 17.2 Å². The van der Waals surface area contributed by atoms with Gasteiger partial charge >= 0.3 is 0 Å². The molecule has 0 atom stereocenters. The molecule has 0 aliphatic carbocycles. The molecular formula is C15H12N4O2. The molecule has 21 heavy (non-hydrogen) atoms. The Morgan fingerprint density at radius 2 is 2.00 bits per heavy atom. The van der Waals surface area contributed by atoms with Crippen molar-refractivity contribution in [2.24, 2.45) is 0 Å². The predicted octanol–water partition coefficient (Wildman–Crippen LogP) is 1.58. The third-order valence-corrected chi connectivity index (χ3v) is 3.01. The van der Waals surface area contributed by atoms with Gasteiger partial charge in [-0.2, -0.15) is 15.5 Å². The van der Waals surface area contributed by atoms with E-state index in [0.29, 0.717) is 16.7 Å². The maximum atomic E-state index is 9.36. The number of nitrogen functional groups attached to an aromatic ring is 1. The van der Waals surface area contributed by atoms with Gasteiger partial charge in [-0.1, -0.05) is 18.2 Å². The van der Waals surface area contributed by atoms with E-state index in [2.05, 4.69) is 4.98 Å². The van der Waals surface area contributed by atoms with E-state index in [1.807, 2.05) is 12.1 Å². The second-order valence-corrected chi connectivity index (χ2v) is 4.21. The summed E-state index contributed by atoms with van der Waals surface area (Å²) in [6.45, 7) is -0.144. The van der Waals surface area contributed by atoms with Crippen LogP contribution in [0.15, 0.2) is 24.3 Å². The number of hydrogen-bond donors (Lipinski definition) is 2. The Bertz CT molecular complexity index is 772. The van der Waals surface area contributed by atoms with Crippen LogP contribution in [0.25, 0.3) is 11.1 Å². The molecule has 6 nitrogen and oxygen atoms in total. The highest BCUT2D eigenvalue weighted by molar-refractivity contribution is 5.82. The quantitative estimate of drug-likeness (QED) is 0.881. The Morgan fingerprint density at radius 3 is 2.57 bits per heavy atom. The first kappa shape index (κ1) is 14.3. The van der Waals surface area contributed by atoms with Crippen molar-refractivity contribution in [3.63, 3.8) is 0 Å². The number of rotatable bonds is 3. The van der Waals surface area contributed by atoms with Gasteiger partial charge in [-0.25, -0.2) is 0 Å². The van der Waals surface area contributed by atoms with Crippen LogP contribution in [0.5, 0.6) is 5.88 Å². The zero-order valence-corrected chi connectivity index (χ0v) is 11.3. The van der Waals surface area contributed by atoms with Crippen LogP contribution in [0, 0.1) is 22.7 Å². The highest BCUT2D eigenvalue weighted by atomic mass is 16.5. The Labute approximate surface area is 121 Å². The number of nitrogens with two attached hydrogens (primary N) is 1. The van der Waals surface area contributed by atoms with Crippen molar-refractivity contribution >= 4 is 5.82 Å². The molecular weight excluding hydrogens is 268 g/mol. The molecule has 0 saturated heterocycles. The van der Waals surface area contributed by atoms with Crippen molar-refractivity contribution in [1.29, 1.82) is 10.5 Å². The normalized spacial score (nSPS) is 9.71. The fraction of sp³-hybridized carbons (Fsp3) is 0.133. The van der Waals surface area contributed by atoms with Gasteiger partial charge in [0, 0.05) is 5.56 Å². The zero-order valence-electron chi connectivity index (χ0n) is 11.3. The second kappa shape index (κ2) is 5.91. The smallest absolute Gasteiger partial charge is 0.234 e. The standard InChI is InChI=1S/C15H12N4O2/c1-21-15-12(7-17)13(11(6-16)14(18)19-15)10-4-2-3-9(5-10)8-20/h2-5,20H,8H2,1H3,(H2,18,19). The summed E-state index contributed by atoms with van der Waals surface area (Å²) < 4.78 is 5.06. The molecule has 0 aliphatic rings. The fourth-order valence-corrected chi connectivity index (χ4v) is 2.06. The average molecular weight is 280 g/mol. The second-order valence-electron chi connectivity index (χ2n) is 4.21. The number of aliphatic hydroxyl groups is 1. The van der Waals surface area contributed by atoms with Crippen molar-refractivity contribution < 1.29 is 9.84 Å². The summed E-state index contributed by atoms with van der Waals surface area (Å²) in [6.07, 6.45) is 0. The molecule has 1 aromatic heterocycles. The first-order valence-corrected chi connectivity index (χ1v) is 6.04. The predicted molar refractivity (Wildman–Crippen MR) is 76.0 cm³/mol. The Kier molecular flexibility index (Phi) is 4.03. The van der Waals surface area contributed by atoms with E-state index < -0.39 is 0 Å². The van der Waals surface area contributed by atoms with E-state index in [-0.39, 0.29) is 29.4 Å². The average Bonchev–Trinajstić information content (AvgIpc) is 2.53. The Morgan fingerprint density at radius 1 is 1.29 bits per heavy atom. The summed E-state index contributed by atoms with van der Waals surface area (Å²) in [6, 6.07) is 10.9. The number of nitrogens with zero attached hydrogens (tertiary/aromatic N) is 3. The summed E-state index contributed by atoms with van der Waals surface area (Å²) in [5.74, 6) is 0.0659. The van der Waals surface area contributed by atoms with Gasteiger partial charge < -0.3 is 15.6 Å². The highest BCUT2D eigenvalue weighted by Gasteiger charge is 2.20. The van der Waals surface area contributed by atoms with Gasteiger partial charge in [0.25, 0.3) is 0 Å². The number of nitriles is 2. The molecule has 0 spiro atoms. The van der Waals surface area contributed by atoms with Crippen LogP contribution < -0.4 is 10.5 Å². The minimum atomic E-state index is -0.144. The molecule has 0 radical (unpaired) electrons. The lowest BCUT2D eigenvalue weighted by Gasteiger charge is -2.12. The number of methoxy groups -OCH3 is 1. The zero-order chi connectivity index (χ0) is 15.4.